The van der Waals surface area contributed by atoms with Gasteiger partial charge in [0.1, 0.15) is 11.3 Å². The van der Waals surface area contributed by atoms with Crippen molar-refractivity contribution in [2.45, 2.75) is 24.9 Å². The molecule has 0 aliphatic heterocycles. The number of anilines is 1. The molecule has 0 atom stereocenters. The van der Waals surface area contributed by atoms with E-state index in [0.29, 0.717) is 27.7 Å². The predicted octanol–water partition coefficient (Wildman–Crippen LogP) is 5.68. The summed E-state index contributed by atoms with van der Waals surface area (Å²) in [6, 6.07) is 24.7. The number of ether oxygens (including phenoxy) is 1. The summed E-state index contributed by atoms with van der Waals surface area (Å²) in [5.41, 5.74) is 3.63. The molecular formula is C30H28N4O4S2. The van der Waals surface area contributed by atoms with E-state index in [4.69, 9.17) is 9.72 Å². The lowest BCUT2D eigenvalue weighted by Gasteiger charge is -2.20. The first-order valence-electron chi connectivity index (χ1n) is 12.5. The molecular weight excluding hydrogens is 544 g/mol. The van der Waals surface area contributed by atoms with E-state index in [1.807, 2.05) is 67.6 Å². The second kappa shape index (κ2) is 11.5. The van der Waals surface area contributed by atoms with Crippen LogP contribution in [0.1, 0.15) is 27.2 Å². The van der Waals surface area contributed by atoms with E-state index in [0.717, 1.165) is 15.8 Å². The minimum Gasteiger partial charge on any atom is -0.494 e. The number of methoxy groups -OCH3 is 1. The van der Waals surface area contributed by atoms with Crippen LogP contribution in [-0.4, -0.2) is 42.8 Å². The minimum absolute atomic E-state index is 0.110. The molecule has 0 unspecified atom stereocenters. The first-order chi connectivity index (χ1) is 19.3. The quantitative estimate of drug-likeness (QED) is 0.226. The van der Waals surface area contributed by atoms with E-state index in [-0.39, 0.29) is 23.9 Å². The molecule has 0 fully saturated rings. The van der Waals surface area contributed by atoms with Crippen molar-refractivity contribution in [1.29, 1.82) is 0 Å². The van der Waals surface area contributed by atoms with Gasteiger partial charge in [-0.15, -0.1) is 0 Å². The van der Waals surface area contributed by atoms with Crippen LogP contribution in [0, 0.1) is 6.92 Å². The summed E-state index contributed by atoms with van der Waals surface area (Å²) in [6.45, 7) is 2.42. The summed E-state index contributed by atoms with van der Waals surface area (Å²) in [4.78, 5) is 24.7. The third kappa shape index (κ3) is 5.60. The summed E-state index contributed by atoms with van der Waals surface area (Å²) in [5.74, 6) is 0.311. The lowest BCUT2D eigenvalue weighted by Crippen LogP contribution is -2.31. The van der Waals surface area contributed by atoms with Crippen molar-refractivity contribution in [2.75, 3.05) is 19.1 Å². The van der Waals surface area contributed by atoms with Crippen molar-refractivity contribution < 1.29 is 17.9 Å². The Hall–Kier alpha value is -4.12. The minimum atomic E-state index is -3.76. The number of amides is 1. The molecule has 0 spiro atoms. The van der Waals surface area contributed by atoms with Gasteiger partial charge in [-0.05, 0) is 60.5 Å². The van der Waals surface area contributed by atoms with Crippen LogP contribution in [0.2, 0.25) is 0 Å². The van der Waals surface area contributed by atoms with E-state index in [2.05, 4.69) is 4.98 Å². The molecule has 5 aromatic rings. The molecule has 0 saturated carbocycles. The monoisotopic (exact) mass is 572 g/mol. The van der Waals surface area contributed by atoms with E-state index in [1.165, 1.54) is 39.9 Å². The average molecular weight is 573 g/mol. The zero-order chi connectivity index (χ0) is 28.3. The fourth-order valence-corrected chi connectivity index (χ4v) is 6.50. The van der Waals surface area contributed by atoms with Crippen molar-refractivity contribution in [2.24, 2.45) is 0 Å². The van der Waals surface area contributed by atoms with Crippen molar-refractivity contribution in [3.8, 4) is 5.75 Å². The Morgan fingerprint density at radius 3 is 2.33 bits per heavy atom. The fourth-order valence-electron chi connectivity index (χ4n) is 4.29. The Morgan fingerprint density at radius 2 is 1.65 bits per heavy atom. The summed E-state index contributed by atoms with van der Waals surface area (Å²) < 4.78 is 34.1. The maximum atomic E-state index is 13.9. The zero-order valence-corrected chi connectivity index (χ0v) is 23.9. The van der Waals surface area contributed by atoms with Crippen LogP contribution in [0.3, 0.4) is 0 Å². The van der Waals surface area contributed by atoms with Crippen LogP contribution in [0.5, 0.6) is 5.75 Å². The van der Waals surface area contributed by atoms with Crippen LogP contribution in [-0.2, 0) is 23.1 Å². The lowest BCUT2D eigenvalue weighted by atomic mass is 10.2. The van der Waals surface area contributed by atoms with Gasteiger partial charge >= 0.3 is 0 Å². The number of aromatic nitrogens is 2. The van der Waals surface area contributed by atoms with Crippen LogP contribution < -0.4 is 9.64 Å². The Labute approximate surface area is 237 Å². The molecule has 1 amide bonds. The summed E-state index contributed by atoms with van der Waals surface area (Å²) in [7, 11) is -0.625. The van der Waals surface area contributed by atoms with E-state index in [9.17, 15) is 13.2 Å². The Bertz CT molecular complexity index is 1740. The number of nitrogens with zero attached hydrogens (tertiary/aromatic N) is 4. The number of thiazole rings is 1. The van der Waals surface area contributed by atoms with Crippen LogP contribution in [0.25, 0.3) is 10.2 Å². The maximum Gasteiger partial charge on any atom is 0.260 e. The van der Waals surface area contributed by atoms with Gasteiger partial charge in [-0.1, -0.05) is 53.8 Å². The Kier molecular flexibility index (Phi) is 7.92. The van der Waals surface area contributed by atoms with Gasteiger partial charge in [-0.25, -0.2) is 13.4 Å². The third-order valence-electron chi connectivity index (χ3n) is 6.49. The van der Waals surface area contributed by atoms with Crippen LogP contribution in [0.15, 0.2) is 96.0 Å². The van der Waals surface area contributed by atoms with Crippen molar-refractivity contribution in [3.63, 3.8) is 0 Å². The summed E-state index contributed by atoms with van der Waals surface area (Å²) in [5, 5.41) is 0.498. The van der Waals surface area contributed by atoms with E-state index >= 15 is 0 Å². The second-order valence-corrected chi connectivity index (χ2v) is 12.3. The Balaban J connectivity index is 1.46. The molecule has 0 bridgehead atoms. The van der Waals surface area contributed by atoms with E-state index < -0.39 is 10.0 Å². The molecule has 10 heteroatoms. The number of carbonyl (C=O) groups excluding carboxylic acids is 1. The number of carbonyl (C=O) groups is 1. The lowest BCUT2D eigenvalue weighted by molar-refractivity contribution is 0.0984. The number of fused-ring (bicyclic) bond motifs is 1. The normalized spacial score (nSPS) is 11.6. The molecule has 40 heavy (non-hydrogen) atoms. The number of pyridine rings is 1. The molecule has 8 nitrogen and oxygen atoms in total. The molecule has 0 saturated heterocycles. The molecule has 2 aromatic heterocycles. The van der Waals surface area contributed by atoms with Crippen LogP contribution in [0.4, 0.5) is 5.13 Å². The second-order valence-electron chi connectivity index (χ2n) is 9.24. The largest absolute Gasteiger partial charge is 0.494 e. The van der Waals surface area contributed by atoms with Gasteiger partial charge in [0.25, 0.3) is 5.91 Å². The van der Waals surface area contributed by atoms with Gasteiger partial charge in [0.15, 0.2) is 5.13 Å². The molecule has 0 N–H and O–H groups in total. The van der Waals surface area contributed by atoms with Gasteiger partial charge in [0, 0.05) is 25.4 Å². The molecule has 0 aliphatic carbocycles. The highest BCUT2D eigenvalue weighted by Crippen LogP contribution is 2.37. The van der Waals surface area contributed by atoms with Gasteiger partial charge in [-0.3, -0.25) is 14.7 Å². The smallest absolute Gasteiger partial charge is 0.260 e. The topological polar surface area (TPSA) is 92.7 Å². The molecule has 5 rings (SSSR count). The van der Waals surface area contributed by atoms with E-state index in [1.54, 1.807) is 25.3 Å². The van der Waals surface area contributed by atoms with Crippen molar-refractivity contribution >= 4 is 42.6 Å². The van der Waals surface area contributed by atoms with Gasteiger partial charge in [0.2, 0.25) is 10.0 Å². The van der Waals surface area contributed by atoms with Crippen molar-refractivity contribution in [3.05, 3.63) is 114 Å². The molecule has 0 aliphatic rings. The molecule has 204 valence electrons. The fraction of sp³-hybridized carbons (Fsp3) is 0.167. The van der Waals surface area contributed by atoms with Gasteiger partial charge in [0.05, 0.1) is 28.9 Å². The van der Waals surface area contributed by atoms with Gasteiger partial charge < -0.3 is 4.74 Å². The number of sulfonamides is 1. The highest BCUT2D eigenvalue weighted by Gasteiger charge is 2.26. The molecule has 2 heterocycles. The number of hydrogen-bond donors (Lipinski definition) is 0. The number of benzene rings is 3. The zero-order valence-electron chi connectivity index (χ0n) is 22.3. The number of rotatable bonds is 9. The number of aryl methyl sites for hydroxylation is 1. The SMILES string of the molecule is COc1ccc(C)c2sc(N(Cc3ccccn3)C(=O)c3ccc(S(=O)(=O)N(C)Cc4ccccc4)cc3)nc12. The van der Waals surface area contributed by atoms with Gasteiger partial charge in [-0.2, -0.15) is 4.31 Å². The first-order valence-corrected chi connectivity index (χ1v) is 14.8. The molecule has 0 radical (unpaired) electrons. The average Bonchev–Trinajstić information content (AvgIpc) is 3.43. The maximum absolute atomic E-state index is 13.9. The molecule has 3 aromatic carbocycles. The highest BCUT2D eigenvalue weighted by molar-refractivity contribution is 7.89. The first kappa shape index (κ1) is 27.4. The summed E-state index contributed by atoms with van der Waals surface area (Å²) in [6.07, 6.45) is 1.68. The Morgan fingerprint density at radius 1 is 0.925 bits per heavy atom. The standard InChI is InChI=1S/C30H28N4O4S2/c1-21-12-17-26(38-3)27-28(21)39-30(32-27)34(20-24-11-7-8-18-31-24)29(35)23-13-15-25(16-14-23)40(36,37)33(2)19-22-9-5-4-6-10-22/h4-18H,19-20H2,1-3H3. The third-order valence-corrected chi connectivity index (χ3v) is 9.52. The van der Waals surface area contributed by atoms with Crippen molar-refractivity contribution in [1.82, 2.24) is 14.3 Å². The number of hydrogen-bond acceptors (Lipinski definition) is 7. The summed E-state index contributed by atoms with van der Waals surface area (Å²) >= 11 is 1.40. The van der Waals surface area contributed by atoms with Crippen LogP contribution >= 0.6 is 11.3 Å². The highest BCUT2D eigenvalue weighted by atomic mass is 32.2. The predicted molar refractivity (Wildman–Crippen MR) is 157 cm³/mol.